The summed E-state index contributed by atoms with van der Waals surface area (Å²) in [6.07, 6.45) is 1.62. The van der Waals surface area contributed by atoms with Gasteiger partial charge in [-0.2, -0.15) is 0 Å². The molecule has 0 saturated carbocycles. The van der Waals surface area contributed by atoms with Gasteiger partial charge in [-0.15, -0.1) is 0 Å². The van der Waals surface area contributed by atoms with E-state index in [2.05, 4.69) is 251 Å². The third kappa shape index (κ3) is 14.9. The molecule has 0 unspecified atom stereocenters. The maximum Gasteiger partial charge on any atom is 0.126 e. The molecule has 0 fully saturated rings. The largest absolute Gasteiger partial charge is 0.507 e. The Morgan fingerprint density at radius 2 is 0.520 bits per heavy atom. The normalized spacial score (nSPS) is 13.3. The topological polar surface area (TPSA) is 120 Å². The van der Waals surface area contributed by atoms with Crippen molar-refractivity contribution in [2.75, 3.05) is 89.8 Å². The van der Waals surface area contributed by atoms with E-state index in [-0.39, 0.29) is 33.2 Å². The van der Waals surface area contributed by atoms with E-state index in [1.165, 1.54) is 64.6 Å². The molecule has 1 aliphatic carbocycles. The van der Waals surface area contributed by atoms with Crippen LogP contribution < -0.4 is 20.1 Å². The van der Waals surface area contributed by atoms with E-state index in [9.17, 15) is 10.2 Å². The first-order valence-electron chi connectivity index (χ1n) is 35.3. The highest BCUT2D eigenvalue weighted by atomic mass is 16.5. The summed E-state index contributed by atoms with van der Waals surface area (Å²) >= 11 is 0. The SMILES string of the molecule is CC(C)(C)c1cc2c(O)c(c1)Cc1cc(C(C)(C)C)cc(c1OCCOCCOCCNc1cc3ccc4cccc5ccc(c1)c3c45)Cc1cc(C(C)(C)C)cc(c1O)Cc1cc(C(C)(C)C)cc(c1OCCOCCOCCNc1cc3ccc4cccc5ccc(c1)c3c45)C2. The summed E-state index contributed by atoms with van der Waals surface area (Å²) < 4.78 is 38.7. The molecular weight excluding hydrogens is 1210 g/mol. The van der Waals surface area contributed by atoms with Crippen molar-refractivity contribution in [2.24, 2.45) is 0 Å². The van der Waals surface area contributed by atoms with Gasteiger partial charge in [0.25, 0.3) is 0 Å². The molecule has 0 heterocycles. The zero-order valence-corrected chi connectivity index (χ0v) is 59.7. The van der Waals surface area contributed by atoms with Crippen molar-refractivity contribution < 1.29 is 38.6 Å². The van der Waals surface area contributed by atoms with E-state index < -0.39 is 0 Å². The van der Waals surface area contributed by atoms with Gasteiger partial charge in [-0.3, -0.25) is 0 Å². The average molecular weight is 1310 g/mol. The second kappa shape index (κ2) is 27.9. The van der Waals surface area contributed by atoms with Crippen LogP contribution in [-0.2, 0) is 66.3 Å². The summed E-state index contributed by atoms with van der Waals surface area (Å²) in [6, 6.07) is 57.4. The molecule has 4 N–H and O–H groups in total. The van der Waals surface area contributed by atoms with Crippen molar-refractivity contribution in [3.63, 3.8) is 0 Å². The Kier molecular flexibility index (Phi) is 19.4. The van der Waals surface area contributed by atoms with E-state index >= 15 is 0 Å². The van der Waals surface area contributed by atoms with E-state index in [1.807, 2.05) is 0 Å². The molecule has 98 heavy (non-hydrogen) atoms. The summed E-state index contributed by atoms with van der Waals surface area (Å²) in [7, 11) is 0. The monoisotopic (exact) mass is 1310 g/mol. The smallest absolute Gasteiger partial charge is 0.126 e. The third-order valence-electron chi connectivity index (χ3n) is 19.8. The van der Waals surface area contributed by atoms with Crippen molar-refractivity contribution in [2.45, 2.75) is 130 Å². The third-order valence-corrected chi connectivity index (χ3v) is 19.8. The highest BCUT2D eigenvalue weighted by Crippen LogP contribution is 2.45. The number of benzene rings is 12. The fourth-order valence-electron chi connectivity index (χ4n) is 14.3. The number of hydrogen-bond acceptors (Lipinski definition) is 10. The molecule has 0 amide bonds. The maximum absolute atomic E-state index is 12.9. The lowest BCUT2D eigenvalue weighted by molar-refractivity contribution is 0.0393. The number of phenols is 2. The Morgan fingerprint density at radius 3 is 0.796 bits per heavy atom. The number of rotatable bonds is 22. The van der Waals surface area contributed by atoms with Crippen LogP contribution in [0.5, 0.6) is 23.0 Å². The first-order valence-corrected chi connectivity index (χ1v) is 35.3. The molecule has 0 aromatic heterocycles. The number of aromatic hydroxyl groups is 2. The lowest BCUT2D eigenvalue weighted by Gasteiger charge is -2.28. The standard InChI is InChI=1S/C88H98N2O8/c1-85(2,3)71-43-63-39-67-47-73(87(7,8)9)49-69(83(67)97-37-35-95-33-31-93-29-27-89-75-51-59-23-19-55-15-13-16-56-20-24-60(52-75)79(59)77(55)56)41-65-45-72(86(4,5)6)46-66(82(65)92)42-70-50-74(88(10,11)12)48-68(40-64(44-71)81(63)91)84(70)98-38-36-96-34-32-94-30-28-90-76-53-61-25-21-57-17-14-18-58-22-26-62(54-76)80(61)78(57)58/h13-26,43-54,89-92H,27-42H2,1-12H3. The number of ether oxygens (including phenoxy) is 6. The van der Waals surface area contributed by atoms with Crippen molar-refractivity contribution in [3.8, 4) is 23.0 Å². The van der Waals surface area contributed by atoms with Gasteiger partial charge >= 0.3 is 0 Å². The Hall–Kier alpha value is -8.64. The molecule has 13 rings (SSSR count). The van der Waals surface area contributed by atoms with Gasteiger partial charge in [0.2, 0.25) is 0 Å². The first-order chi connectivity index (χ1) is 46.9. The van der Waals surface area contributed by atoms with Crippen LogP contribution in [0.4, 0.5) is 11.4 Å². The summed E-state index contributed by atoms with van der Waals surface area (Å²) in [4.78, 5) is 0. The fraction of sp³-hybridized carbons (Fsp3) is 0.364. The van der Waals surface area contributed by atoms with Gasteiger partial charge in [0.1, 0.15) is 36.2 Å². The van der Waals surface area contributed by atoms with Crippen LogP contribution in [0.3, 0.4) is 0 Å². The van der Waals surface area contributed by atoms with Crippen LogP contribution in [0.1, 0.15) is 150 Å². The molecule has 12 aromatic carbocycles. The number of hydrogen-bond donors (Lipinski definition) is 4. The molecule has 1 aliphatic rings. The molecule has 10 heteroatoms. The zero-order chi connectivity index (χ0) is 68.7. The average Bonchev–Trinajstić information content (AvgIpc) is 0.752. The molecule has 0 aliphatic heterocycles. The van der Waals surface area contributed by atoms with E-state index in [0.717, 1.165) is 89.6 Å². The summed E-state index contributed by atoms with van der Waals surface area (Å²) in [6.45, 7) is 32.2. The summed E-state index contributed by atoms with van der Waals surface area (Å²) in [5.74, 6) is 2.00. The van der Waals surface area contributed by atoms with Crippen molar-refractivity contribution >= 4 is 76.0 Å². The Labute approximate surface area is 579 Å². The van der Waals surface area contributed by atoms with Crippen molar-refractivity contribution in [1.29, 1.82) is 0 Å². The molecule has 0 atom stereocenters. The van der Waals surface area contributed by atoms with Gasteiger partial charge < -0.3 is 49.3 Å². The van der Waals surface area contributed by atoms with Crippen molar-refractivity contribution in [1.82, 2.24) is 0 Å². The minimum atomic E-state index is -0.245. The molecule has 0 spiro atoms. The van der Waals surface area contributed by atoms with Crippen LogP contribution in [0, 0.1) is 0 Å². The molecular formula is C88H98N2O8. The molecule has 508 valence electrons. The predicted molar refractivity (Wildman–Crippen MR) is 407 cm³/mol. The quantitative estimate of drug-likeness (QED) is 0.0386. The Bertz CT molecular complexity index is 4320. The van der Waals surface area contributed by atoms with Crippen LogP contribution >= 0.6 is 0 Å². The van der Waals surface area contributed by atoms with Crippen molar-refractivity contribution in [3.05, 3.63) is 224 Å². The summed E-state index contributed by atoms with van der Waals surface area (Å²) in [5.41, 5.74) is 12.8. The molecule has 0 saturated heterocycles. The lowest BCUT2D eigenvalue weighted by atomic mass is 9.79. The molecule has 0 radical (unpaired) electrons. The molecule has 12 aromatic rings. The second-order valence-corrected chi connectivity index (χ2v) is 31.3. The number of anilines is 2. The number of phenolic OH excluding ortho intramolecular Hbond substituents is 2. The van der Waals surface area contributed by atoms with Gasteiger partial charge in [0.15, 0.2) is 0 Å². The highest BCUT2D eigenvalue weighted by molar-refractivity contribution is 6.24. The van der Waals surface area contributed by atoms with Gasteiger partial charge in [0, 0.05) is 50.1 Å². The lowest BCUT2D eigenvalue weighted by Crippen LogP contribution is -2.18. The molecule has 10 nitrogen and oxygen atoms in total. The van der Waals surface area contributed by atoms with Gasteiger partial charge in [-0.1, -0.05) is 217 Å². The minimum Gasteiger partial charge on any atom is -0.507 e. The van der Waals surface area contributed by atoms with Crippen LogP contribution in [0.25, 0.3) is 64.6 Å². The Morgan fingerprint density at radius 1 is 0.286 bits per heavy atom. The zero-order valence-electron chi connectivity index (χ0n) is 59.7. The van der Waals surface area contributed by atoms with Crippen LogP contribution in [0.2, 0.25) is 0 Å². The maximum atomic E-state index is 12.9. The van der Waals surface area contributed by atoms with E-state index in [1.54, 1.807) is 0 Å². The van der Waals surface area contributed by atoms with Gasteiger partial charge in [-0.05, 0) is 177 Å². The highest BCUT2D eigenvalue weighted by Gasteiger charge is 2.29. The summed E-state index contributed by atoms with van der Waals surface area (Å²) in [5, 5.41) is 48.2. The molecule has 8 bridgehead atoms. The predicted octanol–water partition coefficient (Wildman–Crippen LogP) is 19.8. The van der Waals surface area contributed by atoms with Crippen LogP contribution in [0.15, 0.2) is 158 Å². The van der Waals surface area contributed by atoms with Gasteiger partial charge in [-0.25, -0.2) is 0 Å². The van der Waals surface area contributed by atoms with E-state index in [0.29, 0.717) is 105 Å². The van der Waals surface area contributed by atoms with Crippen LogP contribution in [-0.4, -0.2) is 89.4 Å². The van der Waals surface area contributed by atoms with Gasteiger partial charge in [0.05, 0.1) is 52.9 Å². The minimum absolute atomic E-state index is 0.236. The number of fused-ring (bicyclic) bond motifs is 8. The second-order valence-electron chi connectivity index (χ2n) is 31.3. The van der Waals surface area contributed by atoms with E-state index in [4.69, 9.17) is 28.4 Å². The number of nitrogens with one attached hydrogen (secondary N) is 2. The fourth-order valence-corrected chi connectivity index (χ4v) is 14.3. The Balaban J connectivity index is 0.720. The first kappa shape index (κ1) is 67.9.